The van der Waals surface area contributed by atoms with E-state index in [2.05, 4.69) is 149 Å². The van der Waals surface area contributed by atoms with Crippen LogP contribution >= 0.6 is 0 Å². The van der Waals surface area contributed by atoms with E-state index in [1.165, 1.54) is 49.0 Å². The Bertz CT molecular complexity index is 2950. The minimum absolute atomic E-state index is 0.628. The van der Waals surface area contributed by atoms with Crippen molar-refractivity contribution in [2.45, 2.75) is 0 Å². The molecule has 3 heteroatoms. The van der Waals surface area contributed by atoms with E-state index in [1.807, 2.05) is 24.4 Å². The predicted octanol–water partition coefficient (Wildman–Crippen LogP) is 12.7. The lowest BCUT2D eigenvalue weighted by Gasteiger charge is -2.19. The van der Waals surface area contributed by atoms with Crippen LogP contribution in [0.2, 0.25) is 0 Å². The van der Waals surface area contributed by atoms with Crippen LogP contribution in [-0.2, 0) is 0 Å². The molecule has 10 rings (SSSR count). The zero-order valence-corrected chi connectivity index (χ0v) is 26.4. The van der Waals surface area contributed by atoms with Crippen LogP contribution in [0, 0.1) is 6.57 Å². The van der Waals surface area contributed by atoms with E-state index in [9.17, 15) is 0 Å². The molecule has 0 radical (unpaired) electrons. The Morgan fingerprint density at radius 1 is 0.469 bits per heavy atom. The van der Waals surface area contributed by atoms with E-state index in [1.54, 1.807) is 0 Å². The van der Waals surface area contributed by atoms with Crippen molar-refractivity contribution in [1.82, 2.24) is 9.55 Å². The molecule has 0 aliphatic rings. The molecule has 0 unspecified atom stereocenters. The molecule has 0 amide bonds. The Balaban J connectivity index is 1.31. The number of benzene rings is 8. The smallest absolute Gasteiger partial charge is 0.188 e. The number of fused-ring (bicyclic) bond motifs is 7. The van der Waals surface area contributed by atoms with E-state index in [0.717, 1.165) is 44.0 Å². The molecule has 49 heavy (non-hydrogen) atoms. The zero-order valence-electron chi connectivity index (χ0n) is 26.4. The first-order valence-electron chi connectivity index (χ1n) is 16.5. The standard InChI is InChI=1S/C46H27N3/c1-47-32-23-25-42-40(28-32)39-27-31(22-24-41(39)49(42)43-21-9-13-30-14-10-26-48-46(30)43)44-35-16-4-6-18-37(35)45(38-19-7-5-17-36(38)44)34-20-8-12-29-11-2-3-15-33(29)34/h2-28H. The molecular formula is C46H27N3. The Morgan fingerprint density at radius 2 is 1.06 bits per heavy atom. The van der Waals surface area contributed by atoms with Gasteiger partial charge in [0, 0.05) is 17.0 Å². The monoisotopic (exact) mass is 621 g/mol. The zero-order chi connectivity index (χ0) is 32.5. The molecule has 0 bridgehead atoms. The van der Waals surface area contributed by atoms with E-state index < -0.39 is 0 Å². The summed E-state index contributed by atoms with van der Waals surface area (Å²) < 4.78 is 2.30. The van der Waals surface area contributed by atoms with Gasteiger partial charge in [0.05, 0.1) is 28.8 Å². The van der Waals surface area contributed by atoms with Crippen LogP contribution in [0.4, 0.5) is 5.69 Å². The van der Waals surface area contributed by atoms with Crippen molar-refractivity contribution >= 4 is 70.7 Å². The van der Waals surface area contributed by atoms with Gasteiger partial charge in [-0.05, 0) is 96.4 Å². The maximum Gasteiger partial charge on any atom is 0.188 e. The van der Waals surface area contributed by atoms with Crippen molar-refractivity contribution < 1.29 is 0 Å². The van der Waals surface area contributed by atoms with Crippen LogP contribution in [0.15, 0.2) is 164 Å². The van der Waals surface area contributed by atoms with E-state index in [0.29, 0.717) is 5.69 Å². The molecular weight excluding hydrogens is 595 g/mol. The molecule has 8 aromatic carbocycles. The summed E-state index contributed by atoms with van der Waals surface area (Å²) in [6.07, 6.45) is 1.85. The molecule has 0 N–H and O–H groups in total. The highest BCUT2D eigenvalue weighted by Crippen LogP contribution is 2.46. The molecule has 0 aliphatic carbocycles. The molecule has 3 nitrogen and oxygen atoms in total. The summed E-state index contributed by atoms with van der Waals surface area (Å²) in [6.45, 7) is 7.81. The third-order valence-corrected chi connectivity index (χ3v) is 10.0. The van der Waals surface area contributed by atoms with Gasteiger partial charge in [0.25, 0.3) is 0 Å². The Kier molecular flexibility index (Phi) is 5.94. The topological polar surface area (TPSA) is 22.2 Å². The van der Waals surface area contributed by atoms with Gasteiger partial charge in [0.15, 0.2) is 5.69 Å². The first-order chi connectivity index (χ1) is 24.3. The molecule has 0 fully saturated rings. The van der Waals surface area contributed by atoms with Gasteiger partial charge >= 0.3 is 0 Å². The number of hydrogen-bond acceptors (Lipinski definition) is 1. The van der Waals surface area contributed by atoms with Crippen LogP contribution in [0.5, 0.6) is 0 Å². The van der Waals surface area contributed by atoms with Crippen LogP contribution in [0.1, 0.15) is 0 Å². The minimum Gasteiger partial charge on any atom is -0.307 e. The molecule has 0 aliphatic heterocycles. The summed E-state index contributed by atoms with van der Waals surface area (Å²) in [7, 11) is 0. The largest absolute Gasteiger partial charge is 0.307 e. The molecule has 2 aromatic heterocycles. The summed E-state index contributed by atoms with van der Waals surface area (Å²) in [5, 5.41) is 10.6. The van der Waals surface area contributed by atoms with Crippen LogP contribution in [0.3, 0.4) is 0 Å². The second-order valence-electron chi connectivity index (χ2n) is 12.6. The van der Waals surface area contributed by atoms with Gasteiger partial charge in [-0.15, -0.1) is 0 Å². The molecule has 10 aromatic rings. The lowest BCUT2D eigenvalue weighted by Crippen LogP contribution is -1.96. The Hall–Kier alpha value is -6.76. The third kappa shape index (κ3) is 4.05. The predicted molar refractivity (Wildman–Crippen MR) is 206 cm³/mol. The SMILES string of the molecule is [C-]#[N+]c1ccc2c(c1)c1cc(-c3c4ccccc4c(-c4cccc5ccccc45)c4ccccc34)ccc1n2-c1cccc2cccnc12. The van der Waals surface area contributed by atoms with Crippen molar-refractivity contribution in [2.75, 3.05) is 0 Å². The number of para-hydroxylation sites is 1. The Morgan fingerprint density at radius 3 is 1.82 bits per heavy atom. The highest BCUT2D eigenvalue weighted by atomic mass is 15.0. The number of pyridine rings is 1. The van der Waals surface area contributed by atoms with E-state index >= 15 is 0 Å². The van der Waals surface area contributed by atoms with Crippen molar-refractivity contribution in [2.24, 2.45) is 0 Å². The maximum atomic E-state index is 7.81. The summed E-state index contributed by atoms with van der Waals surface area (Å²) in [6, 6.07) is 56.2. The van der Waals surface area contributed by atoms with Gasteiger partial charge in [-0.2, -0.15) is 0 Å². The van der Waals surface area contributed by atoms with Gasteiger partial charge in [-0.3, -0.25) is 4.98 Å². The molecule has 0 saturated heterocycles. The third-order valence-electron chi connectivity index (χ3n) is 10.0. The second kappa shape index (κ2) is 10.6. The molecule has 0 atom stereocenters. The Labute approximate surface area is 282 Å². The summed E-state index contributed by atoms with van der Waals surface area (Å²) in [4.78, 5) is 8.61. The summed E-state index contributed by atoms with van der Waals surface area (Å²) in [5.41, 5.74) is 9.60. The normalized spacial score (nSPS) is 11.7. The number of nitrogens with zero attached hydrogens (tertiary/aromatic N) is 3. The molecule has 226 valence electrons. The van der Waals surface area contributed by atoms with Crippen LogP contribution < -0.4 is 0 Å². The van der Waals surface area contributed by atoms with Gasteiger partial charge in [0.1, 0.15) is 0 Å². The lowest BCUT2D eigenvalue weighted by atomic mass is 9.84. The van der Waals surface area contributed by atoms with Gasteiger partial charge in [-0.25, -0.2) is 4.85 Å². The fourth-order valence-corrected chi connectivity index (χ4v) is 7.94. The van der Waals surface area contributed by atoms with E-state index in [-0.39, 0.29) is 0 Å². The van der Waals surface area contributed by atoms with Crippen molar-refractivity contribution in [3.63, 3.8) is 0 Å². The van der Waals surface area contributed by atoms with Gasteiger partial charge in [0.2, 0.25) is 0 Å². The van der Waals surface area contributed by atoms with Crippen LogP contribution in [-0.4, -0.2) is 9.55 Å². The van der Waals surface area contributed by atoms with Crippen molar-refractivity contribution in [3.8, 4) is 27.9 Å². The second-order valence-corrected chi connectivity index (χ2v) is 12.6. The molecule has 0 saturated carbocycles. The fourth-order valence-electron chi connectivity index (χ4n) is 7.94. The fraction of sp³-hybridized carbons (Fsp3) is 0. The highest BCUT2D eigenvalue weighted by molar-refractivity contribution is 6.24. The molecule has 2 heterocycles. The van der Waals surface area contributed by atoms with Gasteiger partial charge < -0.3 is 4.57 Å². The highest BCUT2D eigenvalue weighted by Gasteiger charge is 2.20. The number of hydrogen-bond donors (Lipinski definition) is 0. The van der Waals surface area contributed by atoms with Crippen LogP contribution in [0.25, 0.3) is 97.8 Å². The average Bonchev–Trinajstić information content (AvgIpc) is 3.49. The van der Waals surface area contributed by atoms with Gasteiger partial charge in [-0.1, -0.05) is 121 Å². The quantitative estimate of drug-likeness (QED) is 0.142. The maximum absolute atomic E-state index is 7.81. The van der Waals surface area contributed by atoms with Crippen molar-refractivity contribution in [3.05, 3.63) is 175 Å². The first-order valence-corrected chi connectivity index (χ1v) is 16.5. The number of aromatic nitrogens is 2. The summed E-state index contributed by atoms with van der Waals surface area (Å²) >= 11 is 0. The van der Waals surface area contributed by atoms with E-state index in [4.69, 9.17) is 11.6 Å². The average molecular weight is 622 g/mol. The number of rotatable bonds is 3. The molecule has 0 spiro atoms. The summed E-state index contributed by atoms with van der Waals surface area (Å²) in [5.74, 6) is 0. The lowest BCUT2D eigenvalue weighted by molar-refractivity contribution is 1.18. The van der Waals surface area contributed by atoms with Crippen molar-refractivity contribution in [1.29, 1.82) is 0 Å². The first kappa shape index (κ1) is 27.4. The minimum atomic E-state index is 0.628.